The summed E-state index contributed by atoms with van der Waals surface area (Å²) in [5, 5.41) is 3.37. The molecule has 118 valence electrons. The quantitative estimate of drug-likeness (QED) is 0.649. The van der Waals surface area contributed by atoms with Crippen molar-refractivity contribution >= 4 is 5.91 Å². The molecule has 0 spiro atoms. The molecule has 1 aliphatic rings. The third-order valence-corrected chi connectivity index (χ3v) is 4.04. The van der Waals surface area contributed by atoms with Crippen molar-refractivity contribution in [2.45, 2.75) is 38.6 Å². The first-order chi connectivity index (χ1) is 9.72. The highest BCUT2D eigenvalue weighted by molar-refractivity contribution is 5.82. The summed E-state index contributed by atoms with van der Waals surface area (Å²) in [6.07, 6.45) is 4.17. The highest BCUT2D eigenvalue weighted by atomic mass is 16.5. The van der Waals surface area contributed by atoms with Crippen LogP contribution in [0.15, 0.2) is 0 Å². The van der Waals surface area contributed by atoms with Crippen molar-refractivity contribution in [3.8, 4) is 0 Å². The largest absolute Gasteiger partial charge is 0.385 e. The van der Waals surface area contributed by atoms with E-state index in [4.69, 9.17) is 9.47 Å². The second kappa shape index (κ2) is 10.1. The summed E-state index contributed by atoms with van der Waals surface area (Å²) >= 11 is 0. The third kappa shape index (κ3) is 5.77. The molecule has 1 amide bonds. The Kier molecular flexibility index (Phi) is 8.82. The molecule has 1 N–H and O–H groups in total. The van der Waals surface area contributed by atoms with Crippen LogP contribution in [-0.2, 0) is 14.3 Å². The average molecular weight is 286 g/mol. The molecular formula is C15H30N2O3. The van der Waals surface area contributed by atoms with Crippen LogP contribution in [-0.4, -0.2) is 63.9 Å². The van der Waals surface area contributed by atoms with Gasteiger partial charge in [0.25, 0.3) is 0 Å². The lowest BCUT2D eigenvalue weighted by molar-refractivity contribution is -0.135. The molecule has 1 heterocycles. The number of carbonyl (C=O) groups excluding carboxylic acids is 1. The molecule has 0 aromatic carbocycles. The minimum atomic E-state index is -0.0203. The van der Waals surface area contributed by atoms with Gasteiger partial charge in [-0.25, -0.2) is 0 Å². The number of rotatable bonds is 9. The molecular weight excluding hydrogens is 256 g/mol. The highest BCUT2D eigenvalue weighted by Crippen LogP contribution is 2.20. The van der Waals surface area contributed by atoms with Crippen molar-refractivity contribution < 1.29 is 14.3 Å². The Hall–Kier alpha value is -0.650. The van der Waals surface area contributed by atoms with Crippen LogP contribution in [0.1, 0.15) is 32.6 Å². The number of piperidine rings is 1. The minimum Gasteiger partial charge on any atom is -0.385 e. The SMILES string of the molecule is CCC1CCNC(C(=O)N(CCCOC)CCOC)C1. The lowest BCUT2D eigenvalue weighted by atomic mass is 9.90. The molecule has 0 aromatic rings. The topological polar surface area (TPSA) is 50.8 Å². The van der Waals surface area contributed by atoms with E-state index in [1.54, 1.807) is 14.2 Å². The van der Waals surface area contributed by atoms with E-state index >= 15 is 0 Å². The lowest BCUT2D eigenvalue weighted by Crippen LogP contribution is -2.51. The Labute approximate surface area is 123 Å². The van der Waals surface area contributed by atoms with Crippen LogP contribution in [0.4, 0.5) is 0 Å². The maximum atomic E-state index is 12.6. The summed E-state index contributed by atoms with van der Waals surface area (Å²) in [4.78, 5) is 14.5. The van der Waals surface area contributed by atoms with Crippen molar-refractivity contribution in [2.24, 2.45) is 5.92 Å². The molecule has 0 bridgehead atoms. The van der Waals surface area contributed by atoms with E-state index in [1.165, 1.54) is 6.42 Å². The summed E-state index contributed by atoms with van der Waals surface area (Å²) < 4.78 is 10.2. The molecule has 1 saturated heterocycles. The number of ether oxygens (including phenoxy) is 2. The monoisotopic (exact) mass is 286 g/mol. The van der Waals surface area contributed by atoms with Gasteiger partial charge in [0.05, 0.1) is 12.6 Å². The number of carbonyl (C=O) groups is 1. The highest BCUT2D eigenvalue weighted by Gasteiger charge is 2.29. The van der Waals surface area contributed by atoms with Gasteiger partial charge in [-0.05, 0) is 31.7 Å². The number of nitrogens with one attached hydrogen (secondary N) is 1. The predicted molar refractivity (Wildman–Crippen MR) is 79.8 cm³/mol. The first kappa shape index (κ1) is 17.4. The van der Waals surface area contributed by atoms with Crippen LogP contribution >= 0.6 is 0 Å². The van der Waals surface area contributed by atoms with E-state index in [0.717, 1.165) is 32.4 Å². The fraction of sp³-hybridized carbons (Fsp3) is 0.933. The molecule has 0 aromatic heterocycles. The molecule has 5 nitrogen and oxygen atoms in total. The molecule has 0 radical (unpaired) electrons. The summed E-state index contributed by atoms with van der Waals surface area (Å²) in [7, 11) is 3.36. The van der Waals surface area contributed by atoms with Crippen molar-refractivity contribution in [1.82, 2.24) is 10.2 Å². The lowest BCUT2D eigenvalue weighted by Gasteiger charge is -2.33. The summed E-state index contributed by atoms with van der Waals surface area (Å²) in [6.45, 7) is 5.83. The Morgan fingerprint density at radius 1 is 1.25 bits per heavy atom. The second-order valence-electron chi connectivity index (χ2n) is 5.47. The Balaban J connectivity index is 2.51. The van der Waals surface area contributed by atoms with Crippen LogP contribution in [0, 0.1) is 5.92 Å². The zero-order valence-corrected chi connectivity index (χ0v) is 13.2. The fourth-order valence-corrected chi connectivity index (χ4v) is 2.71. The number of hydrogen-bond donors (Lipinski definition) is 1. The standard InChI is InChI=1S/C15H30N2O3/c1-4-13-6-7-16-14(12-13)15(18)17(9-11-20-3)8-5-10-19-2/h13-14,16H,4-12H2,1-3H3. The molecule has 2 unspecified atom stereocenters. The van der Waals surface area contributed by atoms with Crippen molar-refractivity contribution in [3.63, 3.8) is 0 Å². The zero-order chi connectivity index (χ0) is 14.8. The molecule has 1 fully saturated rings. The number of hydrogen-bond acceptors (Lipinski definition) is 4. The molecule has 1 aliphatic heterocycles. The van der Waals surface area contributed by atoms with Crippen LogP contribution in [0.2, 0.25) is 0 Å². The summed E-state index contributed by atoms with van der Waals surface area (Å²) in [6, 6.07) is -0.0203. The first-order valence-corrected chi connectivity index (χ1v) is 7.73. The van der Waals surface area contributed by atoms with E-state index in [2.05, 4.69) is 12.2 Å². The minimum absolute atomic E-state index is 0.0203. The molecule has 20 heavy (non-hydrogen) atoms. The van der Waals surface area contributed by atoms with Gasteiger partial charge in [0.15, 0.2) is 0 Å². The first-order valence-electron chi connectivity index (χ1n) is 7.73. The van der Waals surface area contributed by atoms with E-state index in [9.17, 15) is 4.79 Å². The molecule has 0 aliphatic carbocycles. The van der Waals surface area contributed by atoms with Gasteiger partial charge in [0.1, 0.15) is 0 Å². The Bertz CT molecular complexity index is 274. The van der Waals surface area contributed by atoms with Gasteiger partial charge in [0.2, 0.25) is 5.91 Å². The second-order valence-corrected chi connectivity index (χ2v) is 5.47. The number of methoxy groups -OCH3 is 2. The maximum absolute atomic E-state index is 12.6. The van der Waals surface area contributed by atoms with Crippen molar-refractivity contribution in [2.75, 3.05) is 47.1 Å². The fourth-order valence-electron chi connectivity index (χ4n) is 2.71. The molecule has 1 rings (SSSR count). The van der Waals surface area contributed by atoms with Gasteiger partial charge < -0.3 is 19.7 Å². The summed E-state index contributed by atoms with van der Waals surface area (Å²) in [5.74, 6) is 0.893. The van der Waals surface area contributed by atoms with E-state index in [0.29, 0.717) is 25.7 Å². The van der Waals surface area contributed by atoms with Crippen LogP contribution in [0.3, 0.4) is 0 Å². The van der Waals surface area contributed by atoms with Gasteiger partial charge in [-0.3, -0.25) is 4.79 Å². The van der Waals surface area contributed by atoms with Crippen LogP contribution in [0.5, 0.6) is 0 Å². The van der Waals surface area contributed by atoms with E-state index in [1.807, 2.05) is 4.90 Å². The van der Waals surface area contributed by atoms with Gasteiger partial charge in [0, 0.05) is 33.9 Å². The zero-order valence-electron chi connectivity index (χ0n) is 13.2. The predicted octanol–water partition coefficient (Wildman–Crippen LogP) is 1.28. The van der Waals surface area contributed by atoms with Crippen LogP contribution in [0.25, 0.3) is 0 Å². The molecule has 0 saturated carbocycles. The smallest absolute Gasteiger partial charge is 0.239 e. The molecule has 5 heteroatoms. The normalized spacial score (nSPS) is 22.8. The Morgan fingerprint density at radius 2 is 2.00 bits per heavy atom. The van der Waals surface area contributed by atoms with Gasteiger partial charge in [-0.15, -0.1) is 0 Å². The van der Waals surface area contributed by atoms with Gasteiger partial charge in [-0.1, -0.05) is 13.3 Å². The number of nitrogens with zero attached hydrogens (tertiary/aromatic N) is 1. The summed E-state index contributed by atoms with van der Waals surface area (Å²) in [5.41, 5.74) is 0. The molecule has 2 atom stereocenters. The van der Waals surface area contributed by atoms with Crippen molar-refractivity contribution in [1.29, 1.82) is 0 Å². The van der Waals surface area contributed by atoms with Gasteiger partial charge >= 0.3 is 0 Å². The van der Waals surface area contributed by atoms with Gasteiger partial charge in [-0.2, -0.15) is 0 Å². The Morgan fingerprint density at radius 3 is 2.65 bits per heavy atom. The third-order valence-electron chi connectivity index (χ3n) is 4.04. The average Bonchev–Trinajstić information content (AvgIpc) is 2.50. The van der Waals surface area contributed by atoms with Crippen LogP contribution < -0.4 is 5.32 Å². The van der Waals surface area contributed by atoms with Crippen molar-refractivity contribution in [3.05, 3.63) is 0 Å². The maximum Gasteiger partial charge on any atom is 0.239 e. The van der Waals surface area contributed by atoms with E-state index < -0.39 is 0 Å². The number of amides is 1. The van der Waals surface area contributed by atoms with E-state index in [-0.39, 0.29) is 11.9 Å².